The Bertz CT molecular complexity index is 100. The van der Waals surface area contributed by atoms with Crippen molar-refractivity contribution >= 4 is 0 Å². The molecular weight excluding hydrogens is 148 g/mol. The zero-order valence-corrected chi connectivity index (χ0v) is 7.45. The first-order chi connectivity index (χ1) is 5.04. The Balaban J connectivity index is 3.69. The molecule has 0 unspecified atom stereocenters. The summed E-state index contributed by atoms with van der Waals surface area (Å²) in [6, 6.07) is 0. The van der Waals surface area contributed by atoms with Crippen molar-refractivity contribution in [3.63, 3.8) is 0 Å². The Kier molecular flexibility index (Phi) is 4.57. The molecule has 0 aromatic heterocycles. The molecule has 0 aromatic rings. The maximum Gasteiger partial charge on any atom is 0.250 e. The predicted octanol–water partition coefficient (Wildman–Crippen LogP) is 2.42. The van der Waals surface area contributed by atoms with E-state index in [-0.39, 0.29) is 12.1 Å². The first-order valence-corrected chi connectivity index (χ1v) is 4.07. The molecule has 11 heavy (non-hydrogen) atoms. The van der Waals surface area contributed by atoms with Crippen LogP contribution in [0.25, 0.3) is 0 Å². The minimum Gasteiger partial charge on any atom is -0.306 e. The van der Waals surface area contributed by atoms with Crippen LogP contribution >= 0.6 is 0 Å². The molecule has 3 heteroatoms. The monoisotopic (exact) mass is 165 g/mol. The van der Waals surface area contributed by atoms with Crippen LogP contribution in [0.1, 0.15) is 33.6 Å². The SMILES string of the molecule is CCC(C)(CC)NCC(F)F. The van der Waals surface area contributed by atoms with E-state index in [1.165, 1.54) is 0 Å². The molecule has 0 saturated carbocycles. The summed E-state index contributed by atoms with van der Waals surface area (Å²) in [7, 11) is 0. The lowest BCUT2D eigenvalue weighted by atomic mass is 9.96. The van der Waals surface area contributed by atoms with Gasteiger partial charge in [0.25, 0.3) is 6.43 Å². The predicted molar refractivity (Wildman–Crippen MR) is 43.0 cm³/mol. The molecule has 0 saturated heterocycles. The average molecular weight is 165 g/mol. The normalized spacial score (nSPS) is 12.5. The van der Waals surface area contributed by atoms with Gasteiger partial charge in [0.15, 0.2) is 0 Å². The Labute approximate surface area is 67.2 Å². The van der Waals surface area contributed by atoms with Crippen molar-refractivity contribution in [3.8, 4) is 0 Å². The molecule has 0 amide bonds. The zero-order valence-electron chi connectivity index (χ0n) is 7.45. The topological polar surface area (TPSA) is 12.0 Å². The van der Waals surface area contributed by atoms with E-state index in [1.807, 2.05) is 20.8 Å². The maximum atomic E-state index is 11.8. The Morgan fingerprint density at radius 3 is 2.00 bits per heavy atom. The molecule has 0 heterocycles. The van der Waals surface area contributed by atoms with Gasteiger partial charge in [0.2, 0.25) is 0 Å². The van der Waals surface area contributed by atoms with E-state index in [4.69, 9.17) is 0 Å². The maximum absolute atomic E-state index is 11.8. The first-order valence-electron chi connectivity index (χ1n) is 4.07. The van der Waals surface area contributed by atoms with E-state index in [0.29, 0.717) is 0 Å². The average Bonchev–Trinajstić information content (AvgIpc) is 2.00. The van der Waals surface area contributed by atoms with Gasteiger partial charge in [0.05, 0.1) is 6.54 Å². The molecule has 0 radical (unpaired) electrons. The van der Waals surface area contributed by atoms with Crippen LogP contribution in [-0.2, 0) is 0 Å². The van der Waals surface area contributed by atoms with Crippen LogP contribution in [0, 0.1) is 0 Å². The molecule has 0 spiro atoms. The van der Waals surface area contributed by atoms with Gasteiger partial charge >= 0.3 is 0 Å². The Morgan fingerprint density at radius 2 is 1.73 bits per heavy atom. The summed E-state index contributed by atoms with van der Waals surface area (Å²) in [4.78, 5) is 0. The minimum atomic E-state index is -2.24. The lowest BCUT2D eigenvalue weighted by molar-refractivity contribution is 0.129. The summed E-state index contributed by atoms with van der Waals surface area (Å²) in [6.07, 6.45) is -0.473. The third-order valence-electron chi connectivity index (χ3n) is 2.24. The zero-order chi connectivity index (χ0) is 8.91. The van der Waals surface area contributed by atoms with Crippen molar-refractivity contribution in [2.75, 3.05) is 6.54 Å². The molecular formula is C8H17F2N. The number of hydrogen-bond donors (Lipinski definition) is 1. The third kappa shape index (κ3) is 4.30. The van der Waals surface area contributed by atoms with Gasteiger partial charge in [-0.15, -0.1) is 0 Å². The van der Waals surface area contributed by atoms with Crippen LogP contribution in [0.5, 0.6) is 0 Å². The van der Waals surface area contributed by atoms with Gasteiger partial charge in [0, 0.05) is 5.54 Å². The summed E-state index contributed by atoms with van der Waals surface area (Å²) >= 11 is 0. The van der Waals surface area contributed by atoms with Gasteiger partial charge in [-0.25, -0.2) is 8.78 Å². The number of rotatable bonds is 5. The minimum absolute atomic E-state index is 0.115. The lowest BCUT2D eigenvalue weighted by Crippen LogP contribution is -2.43. The Morgan fingerprint density at radius 1 is 1.27 bits per heavy atom. The van der Waals surface area contributed by atoms with Crippen molar-refractivity contribution in [1.29, 1.82) is 0 Å². The lowest BCUT2D eigenvalue weighted by Gasteiger charge is -2.28. The van der Waals surface area contributed by atoms with Gasteiger partial charge in [-0.2, -0.15) is 0 Å². The van der Waals surface area contributed by atoms with Crippen molar-refractivity contribution in [3.05, 3.63) is 0 Å². The Hall–Kier alpha value is -0.180. The fourth-order valence-electron chi connectivity index (χ4n) is 0.824. The molecule has 0 rings (SSSR count). The third-order valence-corrected chi connectivity index (χ3v) is 2.24. The highest BCUT2D eigenvalue weighted by atomic mass is 19.3. The van der Waals surface area contributed by atoms with Gasteiger partial charge in [0.1, 0.15) is 0 Å². The van der Waals surface area contributed by atoms with Crippen molar-refractivity contribution in [2.45, 2.75) is 45.6 Å². The fourth-order valence-corrected chi connectivity index (χ4v) is 0.824. The molecule has 1 N–H and O–H groups in total. The quantitative estimate of drug-likeness (QED) is 0.659. The molecule has 0 aromatic carbocycles. The smallest absolute Gasteiger partial charge is 0.250 e. The molecule has 0 fully saturated rings. The van der Waals surface area contributed by atoms with Crippen LogP contribution in [0.4, 0.5) is 8.78 Å². The summed E-state index contributed by atoms with van der Waals surface area (Å²) in [5, 5.41) is 2.84. The second-order valence-corrected chi connectivity index (χ2v) is 3.04. The van der Waals surface area contributed by atoms with E-state index in [1.54, 1.807) is 0 Å². The number of alkyl halides is 2. The second kappa shape index (κ2) is 4.65. The molecule has 0 bridgehead atoms. The van der Waals surface area contributed by atoms with Crippen molar-refractivity contribution in [1.82, 2.24) is 5.32 Å². The highest BCUT2D eigenvalue weighted by molar-refractivity contribution is 4.79. The molecule has 0 aliphatic rings. The summed E-state index contributed by atoms with van der Waals surface area (Å²) in [6.45, 7) is 5.78. The summed E-state index contributed by atoms with van der Waals surface area (Å²) < 4.78 is 23.6. The number of halogens is 2. The molecule has 1 nitrogen and oxygen atoms in total. The largest absolute Gasteiger partial charge is 0.306 e. The van der Waals surface area contributed by atoms with Crippen LogP contribution in [0.3, 0.4) is 0 Å². The van der Waals surface area contributed by atoms with E-state index >= 15 is 0 Å². The first kappa shape index (κ1) is 10.8. The molecule has 0 aliphatic carbocycles. The van der Waals surface area contributed by atoms with Crippen LogP contribution < -0.4 is 5.32 Å². The fraction of sp³-hybridized carbons (Fsp3) is 1.00. The standard InChI is InChI=1S/C8H17F2N/c1-4-8(3,5-2)11-6-7(9)10/h7,11H,4-6H2,1-3H3. The number of nitrogens with one attached hydrogen (secondary N) is 1. The molecule has 0 aliphatic heterocycles. The van der Waals surface area contributed by atoms with Crippen molar-refractivity contribution in [2.24, 2.45) is 0 Å². The summed E-state index contributed by atoms with van der Waals surface area (Å²) in [5.41, 5.74) is -0.115. The van der Waals surface area contributed by atoms with Crippen LogP contribution in [0.15, 0.2) is 0 Å². The number of hydrogen-bond acceptors (Lipinski definition) is 1. The van der Waals surface area contributed by atoms with Crippen LogP contribution in [0.2, 0.25) is 0 Å². The van der Waals surface area contributed by atoms with Gasteiger partial charge < -0.3 is 5.32 Å². The van der Waals surface area contributed by atoms with E-state index in [0.717, 1.165) is 12.8 Å². The summed E-state index contributed by atoms with van der Waals surface area (Å²) in [5.74, 6) is 0. The molecule has 0 atom stereocenters. The van der Waals surface area contributed by atoms with E-state index in [9.17, 15) is 8.78 Å². The molecule has 68 valence electrons. The van der Waals surface area contributed by atoms with Crippen LogP contribution in [-0.4, -0.2) is 18.5 Å². The van der Waals surface area contributed by atoms with Gasteiger partial charge in [-0.1, -0.05) is 13.8 Å². The van der Waals surface area contributed by atoms with E-state index in [2.05, 4.69) is 5.32 Å². The van der Waals surface area contributed by atoms with E-state index < -0.39 is 6.43 Å². The highest BCUT2D eigenvalue weighted by Gasteiger charge is 2.19. The highest BCUT2D eigenvalue weighted by Crippen LogP contribution is 2.13. The van der Waals surface area contributed by atoms with Gasteiger partial charge in [-0.05, 0) is 19.8 Å². The second-order valence-electron chi connectivity index (χ2n) is 3.04. The van der Waals surface area contributed by atoms with Gasteiger partial charge in [-0.3, -0.25) is 0 Å². The van der Waals surface area contributed by atoms with Crippen molar-refractivity contribution < 1.29 is 8.78 Å².